The molecular formula is C23H28N2O2. The summed E-state index contributed by atoms with van der Waals surface area (Å²) in [5.74, 6) is -0.155. The lowest BCUT2D eigenvalue weighted by Crippen LogP contribution is -2.37. The molecule has 2 N–H and O–H groups in total. The lowest BCUT2D eigenvalue weighted by Gasteiger charge is -2.32. The van der Waals surface area contributed by atoms with E-state index in [1.54, 1.807) is 0 Å². The molecular weight excluding hydrogens is 336 g/mol. The molecule has 0 fully saturated rings. The second kappa shape index (κ2) is 7.95. The molecule has 0 bridgehead atoms. The second-order valence-corrected chi connectivity index (χ2v) is 8.36. The van der Waals surface area contributed by atoms with Crippen LogP contribution in [0.25, 0.3) is 0 Å². The highest BCUT2D eigenvalue weighted by atomic mass is 16.2. The molecule has 3 rings (SSSR count). The van der Waals surface area contributed by atoms with Gasteiger partial charge in [-0.25, -0.2) is 0 Å². The molecule has 1 heterocycles. The van der Waals surface area contributed by atoms with Gasteiger partial charge in [-0.15, -0.1) is 0 Å². The van der Waals surface area contributed by atoms with Gasteiger partial charge in [0.2, 0.25) is 11.8 Å². The first-order valence-corrected chi connectivity index (χ1v) is 9.57. The number of amides is 2. The standard InChI is InChI=1S/C23H28N2O2/c1-23(2,3)21(16-9-5-4-6-10-16)25-20(26)14-13-18-15-17-11-7-8-12-19(17)24-22(18)27/h4-12,18,21H,13-15H2,1-3H3,(H,24,27)(H,25,26). The van der Waals surface area contributed by atoms with Crippen LogP contribution in [-0.4, -0.2) is 11.8 Å². The molecule has 0 radical (unpaired) electrons. The molecule has 1 aliphatic rings. The van der Waals surface area contributed by atoms with Crippen LogP contribution in [0.3, 0.4) is 0 Å². The third-order valence-corrected chi connectivity index (χ3v) is 5.14. The molecule has 2 amide bonds. The number of anilines is 1. The molecule has 0 aliphatic carbocycles. The maximum Gasteiger partial charge on any atom is 0.227 e. The van der Waals surface area contributed by atoms with E-state index >= 15 is 0 Å². The van der Waals surface area contributed by atoms with Gasteiger partial charge in [-0.05, 0) is 35.4 Å². The zero-order valence-electron chi connectivity index (χ0n) is 16.3. The minimum Gasteiger partial charge on any atom is -0.349 e. The Morgan fingerprint density at radius 3 is 2.48 bits per heavy atom. The highest BCUT2D eigenvalue weighted by Gasteiger charge is 2.29. The zero-order chi connectivity index (χ0) is 19.4. The van der Waals surface area contributed by atoms with E-state index in [0.29, 0.717) is 19.3 Å². The molecule has 4 nitrogen and oxygen atoms in total. The van der Waals surface area contributed by atoms with Gasteiger partial charge >= 0.3 is 0 Å². The number of fused-ring (bicyclic) bond motifs is 1. The summed E-state index contributed by atoms with van der Waals surface area (Å²) in [7, 11) is 0. The maximum absolute atomic E-state index is 12.6. The number of rotatable bonds is 5. The van der Waals surface area contributed by atoms with Gasteiger partial charge in [-0.1, -0.05) is 69.3 Å². The first-order chi connectivity index (χ1) is 12.8. The van der Waals surface area contributed by atoms with Crippen LogP contribution in [0.15, 0.2) is 54.6 Å². The molecule has 0 spiro atoms. The van der Waals surface area contributed by atoms with Gasteiger partial charge in [0.15, 0.2) is 0 Å². The summed E-state index contributed by atoms with van der Waals surface area (Å²) in [4.78, 5) is 25.0. The second-order valence-electron chi connectivity index (χ2n) is 8.36. The molecule has 2 atom stereocenters. The number of hydrogen-bond acceptors (Lipinski definition) is 2. The van der Waals surface area contributed by atoms with Crippen LogP contribution >= 0.6 is 0 Å². The van der Waals surface area contributed by atoms with Gasteiger partial charge < -0.3 is 10.6 Å². The summed E-state index contributed by atoms with van der Waals surface area (Å²) in [5.41, 5.74) is 3.03. The Morgan fingerprint density at radius 2 is 1.78 bits per heavy atom. The van der Waals surface area contributed by atoms with Crippen LogP contribution in [0.2, 0.25) is 0 Å². The van der Waals surface area contributed by atoms with Gasteiger partial charge in [-0.2, -0.15) is 0 Å². The molecule has 2 aromatic carbocycles. The van der Waals surface area contributed by atoms with E-state index in [1.807, 2.05) is 54.6 Å². The lowest BCUT2D eigenvalue weighted by atomic mass is 9.82. The van der Waals surface area contributed by atoms with Crippen LogP contribution < -0.4 is 10.6 Å². The first-order valence-electron chi connectivity index (χ1n) is 9.57. The lowest BCUT2D eigenvalue weighted by molar-refractivity contribution is -0.124. The predicted octanol–water partition coefficient (Wildman–Crippen LogP) is 4.48. The molecule has 4 heteroatoms. The van der Waals surface area contributed by atoms with Crippen molar-refractivity contribution < 1.29 is 9.59 Å². The summed E-state index contributed by atoms with van der Waals surface area (Å²) >= 11 is 0. The van der Waals surface area contributed by atoms with Gasteiger partial charge in [0.25, 0.3) is 0 Å². The molecule has 142 valence electrons. The van der Waals surface area contributed by atoms with E-state index in [9.17, 15) is 9.59 Å². The number of nitrogens with one attached hydrogen (secondary N) is 2. The van der Waals surface area contributed by atoms with E-state index in [-0.39, 0.29) is 29.2 Å². The van der Waals surface area contributed by atoms with E-state index in [4.69, 9.17) is 0 Å². The number of para-hydroxylation sites is 1. The van der Waals surface area contributed by atoms with E-state index in [2.05, 4.69) is 31.4 Å². The average Bonchev–Trinajstić information content (AvgIpc) is 2.64. The van der Waals surface area contributed by atoms with Crippen LogP contribution in [0.1, 0.15) is 50.8 Å². The van der Waals surface area contributed by atoms with Crippen molar-refractivity contribution in [2.75, 3.05) is 5.32 Å². The largest absolute Gasteiger partial charge is 0.349 e. The van der Waals surface area contributed by atoms with Crippen LogP contribution in [0, 0.1) is 11.3 Å². The van der Waals surface area contributed by atoms with Crippen molar-refractivity contribution in [1.29, 1.82) is 0 Å². The Balaban J connectivity index is 1.61. The maximum atomic E-state index is 12.6. The van der Waals surface area contributed by atoms with Crippen LogP contribution in [0.5, 0.6) is 0 Å². The molecule has 0 saturated carbocycles. The molecule has 2 unspecified atom stereocenters. The van der Waals surface area contributed by atoms with Crippen LogP contribution in [0.4, 0.5) is 5.69 Å². The quantitative estimate of drug-likeness (QED) is 0.822. The minimum absolute atomic E-state index is 0.00885. The first kappa shape index (κ1) is 19.2. The number of benzene rings is 2. The van der Waals surface area contributed by atoms with Gasteiger partial charge in [0, 0.05) is 18.0 Å². The fourth-order valence-corrected chi connectivity index (χ4v) is 3.63. The summed E-state index contributed by atoms with van der Waals surface area (Å²) in [6.07, 6.45) is 1.59. The van der Waals surface area contributed by atoms with Crippen molar-refractivity contribution in [2.45, 2.75) is 46.1 Å². The number of carbonyl (C=O) groups is 2. The predicted molar refractivity (Wildman–Crippen MR) is 108 cm³/mol. The fraction of sp³-hybridized carbons (Fsp3) is 0.391. The Hall–Kier alpha value is -2.62. The van der Waals surface area contributed by atoms with Gasteiger partial charge in [-0.3, -0.25) is 9.59 Å². The van der Waals surface area contributed by atoms with E-state index in [0.717, 1.165) is 16.8 Å². The summed E-state index contributed by atoms with van der Waals surface area (Å²) in [6.45, 7) is 6.36. The number of hydrogen-bond donors (Lipinski definition) is 2. The molecule has 27 heavy (non-hydrogen) atoms. The van der Waals surface area contributed by atoms with Crippen molar-refractivity contribution in [3.05, 3.63) is 65.7 Å². The van der Waals surface area contributed by atoms with Gasteiger partial charge in [0.05, 0.1) is 6.04 Å². The fourth-order valence-electron chi connectivity index (χ4n) is 3.63. The molecule has 2 aromatic rings. The smallest absolute Gasteiger partial charge is 0.227 e. The topological polar surface area (TPSA) is 58.2 Å². The Morgan fingerprint density at radius 1 is 1.11 bits per heavy atom. The normalized spacial score (nSPS) is 17.6. The summed E-state index contributed by atoms with van der Waals surface area (Å²) in [6, 6.07) is 17.8. The van der Waals surface area contributed by atoms with Crippen molar-refractivity contribution in [3.8, 4) is 0 Å². The highest BCUT2D eigenvalue weighted by Crippen LogP contribution is 2.33. The highest BCUT2D eigenvalue weighted by molar-refractivity contribution is 5.96. The van der Waals surface area contributed by atoms with Crippen molar-refractivity contribution >= 4 is 17.5 Å². The van der Waals surface area contributed by atoms with Crippen LogP contribution in [-0.2, 0) is 16.0 Å². The van der Waals surface area contributed by atoms with E-state index < -0.39 is 0 Å². The van der Waals surface area contributed by atoms with Crippen molar-refractivity contribution in [1.82, 2.24) is 5.32 Å². The Bertz CT molecular complexity index is 809. The van der Waals surface area contributed by atoms with Gasteiger partial charge in [0.1, 0.15) is 0 Å². The third-order valence-electron chi connectivity index (χ3n) is 5.14. The van der Waals surface area contributed by atoms with Crippen molar-refractivity contribution in [3.63, 3.8) is 0 Å². The SMILES string of the molecule is CC(C)(C)C(NC(=O)CCC1Cc2ccccc2NC1=O)c1ccccc1. The Labute approximate surface area is 161 Å². The third kappa shape index (κ3) is 4.76. The molecule has 1 aliphatic heterocycles. The molecule has 0 aromatic heterocycles. The summed E-state index contributed by atoms with van der Waals surface area (Å²) in [5, 5.41) is 6.13. The van der Waals surface area contributed by atoms with E-state index in [1.165, 1.54) is 0 Å². The summed E-state index contributed by atoms with van der Waals surface area (Å²) < 4.78 is 0. The molecule has 0 saturated heterocycles. The average molecular weight is 364 g/mol. The zero-order valence-corrected chi connectivity index (χ0v) is 16.3. The number of carbonyl (C=O) groups excluding carboxylic acids is 2. The van der Waals surface area contributed by atoms with Crippen molar-refractivity contribution in [2.24, 2.45) is 11.3 Å². The monoisotopic (exact) mass is 364 g/mol. The minimum atomic E-state index is -0.157. The Kier molecular flexibility index (Phi) is 5.64.